The molecule has 2 aromatic carbocycles. The van der Waals surface area contributed by atoms with Crippen LogP contribution >= 0.6 is 23.4 Å². The van der Waals surface area contributed by atoms with Gasteiger partial charge in [0.2, 0.25) is 5.91 Å². The summed E-state index contributed by atoms with van der Waals surface area (Å²) >= 11 is 7.10. The maximum absolute atomic E-state index is 12.8. The number of hydrogen-bond donors (Lipinski definition) is 2. The molecular weight excluding hydrogens is 367 g/mol. The summed E-state index contributed by atoms with van der Waals surface area (Å²) in [6.07, 6.45) is -0.852. The van der Waals surface area contributed by atoms with Crippen LogP contribution in [0.15, 0.2) is 53.4 Å². The molecule has 2 N–H and O–H groups in total. The van der Waals surface area contributed by atoms with Crippen LogP contribution in [0, 0.1) is 5.82 Å². The lowest BCUT2D eigenvalue weighted by atomic mass is 10.3. The molecule has 0 fully saturated rings. The van der Waals surface area contributed by atoms with Crippen LogP contribution in [0.25, 0.3) is 0 Å². The Morgan fingerprint density at radius 3 is 2.40 bits per heavy atom. The Balaban J connectivity index is 1.71. The van der Waals surface area contributed by atoms with Gasteiger partial charge < -0.3 is 4.74 Å². The summed E-state index contributed by atoms with van der Waals surface area (Å²) in [5, 5.41) is 0.621. The number of ether oxygens (including phenoxy) is 1. The molecule has 5 nitrogen and oxygen atoms in total. The molecule has 0 bridgehead atoms. The first-order chi connectivity index (χ1) is 11.9. The summed E-state index contributed by atoms with van der Waals surface area (Å²) in [6, 6.07) is 12.4. The van der Waals surface area contributed by atoms with Crippen LogP contribution in [0.1, 0.15) is 6.92 Å². The van der Waals surface area contributed by atoms with Crippen LogP contribution in [0.5, 0.6) is 5.75 Å². The number of rotatable bonds is 6. The minimum atomic E-state index is -0.852. The van der Waals surface area contributed by atoms with E-state index in [1.807, 2.05) is 0 Å². The lowest BCUT2D eigenvalue weighted by Gasteiger charge is -2.15. The standard InChI is InChI=1S/C17H16ClFN2O3S/c1-11(24-14-6-4-13(19)5-7-14)17(23)21-20-16(22)10-25-15-8-2-12(18)3-9-15/h2-9,11H,10H2,1H3,(H,20,22)(H,21,23). The second-order valence-corrected chi connectivity index (χ2v) is 6.48. The first kappa shape index (κ1) is 19.1. The van der Waals surface area contributed by atoms with E-state index in [1.165, 1.54) is 43.0 Å². The molecule has 1 atom stereocenters. The Kier molecular flexibility index (Phi) is 7.09. The van der Waals surface area contributed by atoms with Gasteiger partial charge in [0.1, 0.15) is 11.6 Å². The molecule has 2 aromatic rings. The Morgan fingerprint density at radius 1 is 1.12 bits per heavy atom. The monoisotopic (exact) mass is 382 g/mol. The minimum absolute atomic E-state index is 0.134. The van der Waals surface area contributed by atoms with Gasteiger partial charge in [0, 0.05) is 9.92 Å². The highest BCUT2D eigenvalue weighted by Gasteiger charge is 2.15. The van der Waals surface area contributed by atoms with Crippen molar-refractivity contribution in [2.45, 2.75) is 17.9 Å². The fraction of sp³-hybridized carbons (Fsp3) is 0.176. The van der Waals surface area contributed by atoms with Gasteiger partial charge in [0.05, 0.1) is 5.75 Å². The first-order valence-corrected chi connectivity index (χ1v) is 8.69. The average Bonchev–Trinajstić information content (AvgIpc) is 2.61. The number of carbonyl (C=O) groups excluding carboxylic acids is 2. The molecule has 0 spiro atoms. The van der Waals surface area contributed by atoms with Crippen LogP contribution < -0.4 is 15.6 Å². The number of amides is 2. The van der Waals surface area contributed by atoms with Crippen molar-refractivity contribution < 1.29 is 18.7 Å². The zero-order chi connectivity index (χ0) is 18.2. The van der Waals surface area contributed by atoms with E-state index in [9.17, 15) is 14.0 Å². The van der Waals surface area contributed by atoms with E-state index < -0.39 is 17.8 Å². The molecule has 132 valence electrons. The third-order valence-electron chi connectivity index (χ3n) is 3.00. The lowest BCUT2D eigenvalue weighted by molar-refractivity contribution is -0.131. The molecule has 0 aromatic heterocycles. The van der Waals surface area contributed by atoms with Gasteiger partial charge in [-0.1, -0.05) is 11.6 Å². The molecule has 0 saturated heterocycles. The van der Waals surface area contributed by atoms with E-state index >= 15 is 0 Å². The van der Waals surface area contributed by atoms with Gasteiger partial charge in [-0.15, -0.1) is 11.8 Å². The van der Waals surface area contributed by atoms with Crippen LogP contribution in [0.4, 0.5) is 4.39 Å². The van der Waals surface area contributed by atoms with Gasteiger partial charge in [0.25, 0.3) is 5.91 Å². The number of benzene rings is 2. The Bertz CT molecular complexity index is 726. The predicted molar refractivity (Wildman–Crippen MR) is 95.0 cm³/mol. The first-order valence-electron chi connectivity index (χ1n) is 7.33. The second-order valence-electron chi connectivity index (χ2n) is 4.99. The molecule has 0 aliphatic rings. The third-order valence-corrected chi connectivity index (χ3v) is 4.27. The molecule has 2 rings (SSSR count). The van der Waals surface area contributed by atoms with Crippen molar-refractivity contribution >= 4 is 35.2 Å². The van der Waals surface area contributed by atoms with Crippen molar-refractivity contribution in [3.8, 4) is 5.75 Å². The van der Waals surface area contributed by atoms with E-state index in [1.54, 1.807) is 24.3 Å². The quantitative estimate of drug-likeness (QED) is 0.594. The fourth-order valence-corrected chi connectivity index (χ4v) is 2.54. The topological polar surface area (TPSA) is 67.4 Å². The van der Waals surface area contributed by atoms with Crippen molar-refractivity contribution in [3.63, 3.8) is 0 Å². The van der Waals surface area contributed by atoms with Crippen molar-refractivity contribution in [2.75, 3.05) is 5.75 Å². The van der Waals surface area contributed by atoms with Gasteiger partial charge >= 0.3 is 0 Å². The number of hydrazine groups is 1. The van der Waals surface area contributed by atoms with Gasteiger partial charge in [-0.2, -0.15) is 0 Å². The second kappa shape index (κ2) is 9.29. The zero-order valence-corrected chi connectivity index (χ0v) is 14.9. The van der Waals surface area contributed by atoms with E-state index in [-0.39, 0.29) is 11.7 Å². The Hall–Kier alpha value is -2.25. The van der Waals surface area contributed by atoms with Crippen LogP contribution in [0.2, 0.25) is 5.02 Å². The van der Waals surface area contributed by atoms with Gasteiger partial charge in [-0.3, -0.25) is 20.4 Å². The molecule has 8 heteroatoms. The minimum Gasteiger partial charge on any atom is -0.481 e. The Morgan fingerprint density at radius 2 is 1.76 bits per heavy atom. The number of nitrogens with one attached hydrogen (secondary N) is 2. The summed E-state index contributed by atoms with van der Waals surface area (Å²) in [4.78, 5) is 24.5. The number of carbonyl (C=O) groups is 2. The molecule has 0 aliphatic carbocycles. The van der Waals surface area contributed by atoms with Crippen molar-refractivity contribution in [3.05, 3.63) is 59.4 Å². The molecule has 1 unspecified atom stereocenters. The summed E-state index contributed by atoms with van der Waals surface area (Å²) in [6.45, 7) is 1.52. The van der Waals surface area contributed by atoms with Crippen molar-refractivity contribution in [1.82, 2.24) is 10.9 Å². The summed E-state index contributed by atoms with van der Waals surface area (Å²) in [5.74, 6) is -0.783. The Labute approximate surface area is 153 Å². The van der Waals surface area contributed by atoms with Crippen molar-refractivity contribution in [2.24, 2.45) is 0 Å². The highest BCUT2D eigenvalue weighted by atomic mass is 35.5. The largest absolute Gasteiger partial charge is 0.481 e. The predicted octanol–water partition coefficient (Wildman–Crippen LogP) is 3.19. The molecular formula is C17H16ClFN2O3S. The lowest BCUT2D eigenvalue weighted by Crippen LogP contribution is -2.47. The van der Waals surface area contributed by atoms with Gasteiger partial charge in [-0.05, 0) is 55.5 Å². The van der Waals surface area contributed by atoms with E-state index in [4.69, 9.17) is 16.3 Å². The highest BCUT2D eigenvalue weighted by molar-refractivity contribution is 8.00. The van der Waals surface area contributed by atoms with E-state index in [0.29, 0.717) is 10.8 Å². The number of hydrogen-bond acceptors (Lipinski definition) is 4. The maximum Gasteiger partial charge on any atom is 0.279 e. The van der Waals surface area contributed by atoms with Crippen LogP contribution in [0.3, 0.4) is 0 Å². The average molecular weight is 383 g/mol. The maximum atomic E-state index is 12.8. The highest BCUT2D eigenvalue weighted by Crippen LogP contribution is 2.19. The summed E-state index contributed by atoms with van der Waals surface area (Å²) in [7, 11) is 0. The van der Waals surface area contributed by atoms with E-state index in [2.05, 4.69) is 10.9 Å². The summed E-state index contributed by atoms with van der Waals surface area (Å²) < 4.78 is 18.2. The molecule has 0 saturated carbocycles. The normalized spacial score (nSPS) is 11.5. The molecule has 25 heavy (non-hydrogen) atoms. The fourth-order valence-electron chi connectivity index (χ4n) is 1.72. The molecule has 0 heterocycles. The van der Waals surface area contributed by atoms with Gasteiger partial charge in [-0.25, -0.2) is 4.39 Å². The van der Waals surface area contributed by atoms with Crippen LogP contribution in [-0.4, -0.2) is 23.7 Å². The zero-order valence-electron chi connectivity index (χ0n) is 13.3. The SMILES string of the molecule is CC(Oc1ccc(F)cc1)C(=O)NNC(=O)CSc1ccc(Cl)cc1. The van der Waals surface area contributed by atoms with Gasteiger partial charge in [0.15, 0.2) is 6.10 Å². The molecule has 2 amide bonds. The van der Waals surface area contributed by atoms with E-state index in [0.717, 1.165) is 4.90 Å². The molecule has 0 radical (unpaired) electrons. The van der Waals surface area contributed by atoms with Crippen LogP contribution in [-0.2, 0) is 9.59 Å². The number of thioether (sulfide) groups is 1. The smallest absolute Gasteiger partial charge is 0.279 e. The third kappa shape index (κ3) is 6.64. The van der Waals surface area contributed by atoms with Crippen molar-refractivity contribution in [1.29, 1.82) is 0 Å². The molecule has 0 aliphatic heterocycles. The number of halogens is 2. The summed E-state index contributed by atoms with van der Waals surface area (Å²) in [5.41, 5.74) is 4.60.